The lowest BCUT2D eigenvalue weighted by atomic mass is 10.2. The second kappa shape index (κ2) is 8.03. The number of hydrogen-bond acceptors (Lipinski definition) is 7. The zero-order valence-electron chi connectivity index (χ0n) is 16.6. The van der Waals surface area contributed by atoms with Gasteiger partial charge >= 0.3 is 5.97 Å². The lowest BCUT2D eigenvalue weighted by Gasteiger charge is -2.13. The molecule has 0 aliphatic carbocycles. The summed E-state index contributed by atoms with van der Waals surface area (Å²) in [5.41, 5.74) is -0.128. The lowest BCUT2D eigenvalue weighted by molar-refractivity contribution is 0.0692. The van der Waals surface area contributed by atoms with Crippen molar-refractivity contribution in [2.24, 2.45) is 0 Å². The Morgan fingerprint density at radius 3 is 2.13 bits per heavy atom. The molecule has 0 saturated carbocycles. The van der Waals surface area contributed by atoms with Gasteiger partial charge < -0.3 is 29.0 Å². The Bertz CT molecular complexity index is 1220. The summed E-state index contributed by atoms with van der Waals surface area (Å²) in [5.74, 6) is -0.236. The van der Waals surface area contributed by atoms with Crippen LogP contribution in [0.3, 0.4) is 0 Å². The van der Waals surface area contributed by atoms with Crippen LogP contribution < -0.4 is 23.7 Å². The topological polar surface area (TPSA) is 136 Å². The fourth-order valence-electron chi connectivity index (χ4n) is 2.97. The molecule has 0 unspecified atom stereocenters. The molecule has 0 atom stereocenters. The highest BCUT2D eigenvalue weighted by Gasteiger charge is 2.26. The second-order valence-corrected chi connectivity index (χ2v) is 7.71. The van der Waals surface area contributed by atoms with Crippen LogP contribution >= 0.6 is 0 Å². The van der Waals surface area contributed by atoms with Gasteiger partial charge in [-0.3, -0.25) is 4.72 Å². The number of rotatable bonds is 8. The van der Waals surface area contributed by atoms with Gasteiger partial charge in [0, 0.05) is 17.5 Å². The summed E-state index contributed by atoms with van der Waals surface area (Å²) in [6.45, 7) is 0. The molecule has 0 saturated heterocycles. The SMILES string of the molecule is COc1ccc(S(=O)(=O)Nc2c(C(=O)O)[nH]c3cc(OC)c(OC)cc23)c(OC)c1. The van der Waals surface area contributed by atoms with E-state index in [1.165, 1.54) is 58.8 Å². The average molecular weight is 436 g/mol. The fourth-order valence-corrected chi connectivity index (χ4v) is 4.22. The number of ether oxygens (including phenoxy) is 4. The highest BCUT2D eigenvalue weighted by Crippen LogP contribution is 2.39. The molecule has 0 spiro atoms. The molecule has 30 heavy (non-hydrogen) atoms. The number of anilines is 1. The molecule has 1 aromatic heterocycles. The van der Waals surface area contributed by atoms with Crippen LogP contribution in [-0.2, 0) is 10.0 Å². The highest BCUT2D eigenvalue weighted by molar-refractivity contribution is 7.92. The highest BCUT2D eigenvalue weighted by atomic mass is 32.2. The molecule has 0 radical (unpaired) electrons. The first-order valence-corrected chi connectivity index (χ1v) is 9.99. The van der Waals surface area contributed by atoms with E-state index in [1.807, 2.05) is 0 Å². The van der Waals surface area contributed by atoms with E-state index in [0.29, 0.717) is 28.2 Å². The molecule has 11 heteroatoms. The van der Waals surface area contributed by atoms with Crippen molar-refractivity contribution in [2.75, 3.05) is 33.2 Å². The number of benzene rings is 2. The number of H-pyrrole nitrogens is 1. The number of aromatic carboxylic acids is 1. The van der Waals surface area contributed by atoms with Gasteiger partial charge in [0.25, 0.3) is 10.0 Å². The lowest BCUT2D eigenvalue weighted by Crippen LogP contribution is -2.16. The number of nitrogens with one attached hydrogen (secondary N) is 2. The van der Waals surface area contributed by atoms with Crippen molar-refractivity contribution in [3.05, 3.63) is 36.0 Å². The molecule has 0 fully saturated rings. The second-order valence-electron chi connectivity index (χ2n) is 6.06. The largest absolute Gasteiger partial charge is 0.497 e. The van der Waals surface area contributed by atoms with E-state index in [1.54, 1.807) is 0 Å². The van der Waals surface area contributed by atoms with Gasteiger partial charge in [-0.2, -0.15) is 0 Å². The van der Waals surface area contributed by atoms with Crippen LogP contribution in [0.25, 0.3) is 10.9 Å². The Morgan fingerprint density at radius 1 is 0.933 bits per heavy atom. The van der Waals surface area contributed by atoms with E-state index >= 15 is 0 Å². The van der Waals surface area contributed by atoms with Gasteiger partial charge in [0.05, 0.1) is 39.6 Å². The molecular weight excluding hydrogens is 416 g/mol. The van der Waals surface area contributed by atoms with Gasteiger partial charge in [-0.05, 0) is 18.2 Å². The van der Waals surface area contributed by atoms with Crippen molar-refractivity contribution >= 4 is 32.6 Å². The molecule has 0 aliphatic rings. The first-order valence-electron chi connectivity index (χ1n) is 8.51. The predicted octanol–water partition coefficient (Wildman–Crippen LogP) is 2.70. The van der Waals surface area contributed by atoms with Crippen LogP contribution in [0.5, 0.6) is 23.0 Å². The third-order valence-electron chi connectivity index (χ3n) is 4.41. The van der Waals surface area contributed by atoms with E-state index in [9.17, 15) is 18.3 Å². The van der Waals surface area contributed by atoms with E-state index in [0.717, 1.165) is 0 Å². The van der Waals surface area contributed by atoms with Gasteiger partial charge in [0.1, 0.15) is 22.1 Å². The van der Waals surface area contributed by atoms with Crippen molar-refractivity contribution in [3.8, 4) is 23.0 Å². The van der Waals surface area contributed by atoms with Crippen LogP contribution in [0.1, 0.15) is 10.5 Å². The van der Waals surface area contributed by atoms with Crippen molar-refractivity contribution < 1.29 is 37.3 Å². The summed E-state index contributed by atoms with van der Waals surface area (Å²) in [7, 11) is 1.39. The number of sulfonamides is 1. The average Bonchev–Trinajstić information content (AvgIpc) is 3.08. The third kappa shape index (κ3) is 3.66. The Kier molecular flexibility index (Phi) is 5.65. The first-order chi connectivity index (χ1) is 14.2. The van der Waals surface area contributed by atoms with Crippen molar-refractivity contribution in [1.29, 1.82) is 0 Å². The Labute approximate surface area is 172 Å². The minimum Gasteiger partial charge on any atom is -0.497 e. The van der Waals surface area contributed by atoms with E-state index in [4.69, 9.17) is 18.9 Å². The monoisotopic (exact) mass is 436 g/mol. The molecule has 3 rings (SSSR count). The number of aromatic amines is 1. The zero-order chi connectivity index (χ0) is 22.1. The van der Waals surface area contributed by atoms with Crippen LogP contribution in [0, 0.1) is 0 Å². The van der Waals surface area contributed by atoms with Crippen LogP contribution in [0.4, 0.5) is 5.69 Å². The Morgan fingerprint density at radius 2 is 1.57 bits per heavy atom. The van der Waals surface area contributed by atoms with Crippen LogP contribution in [-0.4, -0.2) is 52.9 Å². The van der Waals surface area contributed by atoms with Gasteiger partial charge in [0.2, 0.25) is 0 Å². The van der Waals surface area contributed by atoms with E-state index in [2.05, 4.69) is 9.71 Å². The van der Waals surface area contributed by atoms with E-state index in [-0.39, 0.29) is 22.0 Å². The molecular formula is C19H20N2O8S. The van der Waals surface area contributed by atoms with Crippen molar-refractivity contribution in [1.82, 2.24) is 4.98 Å². The number of aromatic nitrogens is 1. The number of carboxylic acids is 1. The molecule has 1 heterocycles. The summed E-state index contributed by atoms with van der Waals surface area (Å²) in [5, 5.41) is 9.88. The predicted molar refractivity (Wildman–Crippen MR) is 109 cm³/mol. The summed E-state index contributed by atoms with van der Waals surface area (Å²) in [6, 6.07) is 7.18. The van der Waals surface area contributed by atoms with Gasteiger partial charge in [-0.25, -0.2) is 13.2 Å². The summed E-state index contributed by atoms with van der Waals surface area (Å²) < 4.78 is 49.2. The van der Waals surface area contributed by atoms with Crippen molar-refractivity contribution in [3.63, 3.8) is 0 Å². The van der Waals surface area contributed by atoms with E-state index < -0.39 is 16.0 Å². The minimum absolute atomic E-state index is 0.0396. The fraction of sp³-hybridized carbons (Fsp3) is 0.211. The number of carbonyl (C=O) groups is 1. The molecule has 2 aromatic carbocycles. The number of methoxy groups -OCH3 is 4. The maximum absolute atomic E-state index is 13.1. The molecule has 0 aliphatic heterocycles. The quantitative estimate of drug-likeness (QED) is 0.490. The molecule has 3 N–H and O–H groups in total. The normalized spacial score (nSPS) is 11.2. The third-order valence-corrected chi connectivity index (χ3v) is 5.80. The zero-order valence-corrected chi connectivity index (χ0v) is 17.4. The Hall–Kier alpha value is -3.60. The maximum atomic E-state index is 13.1. The molecule has 10 nitrogen and oxygen atoms in total. The number of hydrogen-bond donors (Lipinski definition) is 3. The number of carboxylic acid groups (broad SMARTS) is 1. The summed E-state index contributed by atoms with van der Waals surface area (Å²) in [4.78, 5) is 14.3. The Balaban J connectivity index is 2.19. The molecule has 3 aromatic rings. The summed E-state index contributed by atoms with van der Waals surface area (Å²) in [6.07, 6.45) is 0. The standard InChI is InChI=1S/C19H20N2O8S/c1-26-10-5-6-16(15(7-10)29-4)30(24,25)21-17-11-8-13(27-2)14(28-3)9-12(11)20-18(17)19(22)23/h5-9,20-21H,1-4H3,(H,22,23). The molecule has 160 valence electrons. The molecule has 0 amide bonds. The van der Waals surface area contributed by atoms with Gasteiger partial charge in [0.15, 0.2) is 11.5 Å². The van der Waals surface area contributed by atoms with Crippen molar-refractivity contribution in [2.45, 2.75) is 4.90 Å². The van der Waals surface area contributed by atoms with Crippen LogP contribution in [0.2, 0.25) is 0 Å². The van der Waals surface area contributed by atoms with Gasteiger partial charge in [-0.1, -0.05) is 0 Å². The smallest absolute Gasteiger partial charge is 0.354 e. The van der Waals surface area contributed by atoms with Crippen LogP contribution in [0.15, 0.2) is 35.2 Å². The number of fused-ring (bicyclic) bond motifs is 1. The maximum Gasteiger partial charge on any atom is 0.354 e. The summed E-state index contributed by atoms with van der Waals surface area (Å²) >= 11 is 0. The molecule has 0 bridgehead atoms. The van der Waals surface area contributed by atoms with Gasteiger partial charge in [-0.15, -0.1) is 0 Å². The minimum atomic E-state index is -4.22. The first kappa shape index (κ1) is 21.1.